The zero-order chi connectivity index (χ0) is 15.9. The summed E-state index contributed by atoms with van der Waals surface area (Å²) in [7, 11) is 0. The molecule has 1 aromatic heterocycles. The Morgan fingerprint density at radius 3 is 2.87 bits per heavy atom. The fourth-order valence-corrected chi connectivity index (χ4v) is 4.42. The number of nitrogens with two attached hydrogens (primary N) is 1. The Morgan fingerprint density at radius 1 is 1.48 bits per heavy atom. The number of carbonyl (C=O) groups is 1. The molecule has 126 valence electrons. The number of benzene rings is 1. The minimum atomic E-state index is -0.252. The van der Waals surface area contributed by atoms with E-state index in [1.165, 1.54) is 17.4 Å². The largest absolute Gasteiger partial charge is 0.338 e. The Kier molecular flexibility index (Phi) is 5.65. The van der Waals surface area contributed by atoms with Crippen molar-refractivity contribution in [2.24, 2.45) is 11.7 Å². The highest BCUT2D eigenvalue weighted by atomic mass is 35.5. The fourth-order valence-electron chi connectivity index (χ4n) is 3.22. The normalized spacial score (nSPS) is 19.5. The zero-order valence-corrected chi connectivity index (χ0v) is 15.0. The van der Waals surface area contributed by atoms with Gasteiger partial charge in [-0.3, -0.25) is 4.79 Å². The van der Waals surface area contributed by atoms with Crippen LogP contribution in [0, 0.1) is 18.7 Å². The van der Waals surface area contributed by atoms with Gasteiger partial charge in [0, 0.05) is 29.2 Å². The number of aryl methyl sites for hydroxylation is 1. The molecule has 2 unspecified atom stereocenters. The van der Waals surface area contributed by atoms with Crippen LogP contribution in [-0.2, 0) is 0 Å². The molecule has 3 nitrogen and oxygen atoms in total. The topological polar surface area (TPSA) is 46.3 Å². The number of carbonyl (C=O) groups excluding carboxylic acids is 1. The number of thiophene rings is 1. The number of fused-ring (bicyclic) bond motifs is 1. The van der Waals surface area contributed by atoms with E-state index in [4.69, 9.17) is 5.73 Å². The molecule has 0 spiro atoms. The lowest BCUT2D eigenvalue weighted by Gasteiger charge is -2.34. The highest BCUT2D eigenvalue weighted by molar-refractivity contribution is 7.21. The number of hydrogen-bond donors (Lipinski definition) is 1. The van der Waals surface area contributed by atoms with E-state index in [0.29, 0.717) is 22.7 Å². The molecule has 0 aliphatic carbocycles. The van der Waals surface area contributed by atoms with E-state index in [2.05, 4.69) is 0 Å². The molecule has 1 aliphatic heterocycles. The molecule has 23 heavy (non-hydrogen) atoms. The third kappa shape index (κ3) is 3.37. The molecule has 2 heterocycles. The molecule has 0 saturated carbocycles. The van der Waals surface area contributed by atoms with Crippen LogP contribution in [0.25, 0.3) is 10.1 Å². The molecule has 6 heteroatoms. The van der Waals surface area contributed by atoms with Gasteiger partial charge in [-0.05, 0) is 50.3 Å². The van der Waals surface area contributed by atoms with Crippen LogP contribution in [0.2, 0.25) is 0 Å². The standard InChI is InChI=1S/C17H21FN2OS.ClH/c1-10-15-13(18)6-3-7-14(15)22-16(10)17(21)20-8-4-5-12(9-20)11(2)19;/h3,6-7,11-12H,4-5,8-9,19H2,1-2H3;1H. The Balaban J connectivity index is 0.00000192. The van der Waals surface area contributed by atoms with Crippen LogP contribution in [0.1, 0.15) is 35.0 Å². The highest BCUT2D eigenvalue weighted by Gasteiger charge is 2.28. The van der Waals surface area contributed by atoms with Crippen molar-refractivity contribution in [3.63, 3.8) is 0 Å². The summed E-state index contributed by atoms with van der Waals surface area (Å²) >= 11 is 1.39. The van der Waals surface area contributed by atoms with Crippen molar-refractivity contribution in [1.29, 1.82) is 0 Å². The maximum Gasteiger partial charge on any atom is 0.264 e. The lowest BCUT2D eigenvalue weighted by atomic mass is 9.92. The van der Waals surface area contributed by atoms with E-state index >= 15 is 0 Å². The van der Waals surface area contributed by atoms with Gasteiger partial charge in [0.2, 0.25) is 0 Å². The third-order valence-corrected chi connectivity index (χ3v) is 5.83. The third-order valence-electron chi connectivity index (χ3n) is 4.59. The number of hydrogen-bond acceptors (Lipinski definition) is 3. The van der Waals surface area contributed by atoms with Crippen LogP contribution in [0.15, 0.2) is 18.2 Å². The number of likely N-dealkylation sites (tertiary alicyclic amines) is 1. The fraction of sp³-hybridized carbons (Fsp3) is 0.471. The minimum absolute atomic E-state index is 0. The van der Waals surface area contributed by atoms with Gasteiger partial charge in [0.1, 0.15) is 5.82 Å². The van der Waals surface area contributed by atoms with Crippen molar-refractivity contribution >= 4 is 39.7 Å². The van der Waals surface area contributed by atoms with Crippen molar-refractivity contribution in [1.82, 2.24) is 4.90 Å². The van der Waals surface area contributed by atoms with E-state index < -0.39 is 0 Å². The Morgan fingerprint density at radius 2 is 2.22 bits per heavy atom. The monoisotopic (exact) mass is 356 g/mol. The SMILES string of the molecule is Cc1c(C(=O)N2CCCC(C(C)N)C2)sc2cccc(F)c12.Cl. The molecule has 3 rings (SSSR count). The predicted molar refractivity (Wildman–Crippen MR) is 96.0 cm³/mol. The first-order valence-electron chi connectivity index (χ1n) is 7.71. The van der Waals surface area contributed by atoms with Gasteiger partial charge in [-0.1, -0.05) is 6.07 Å². The molecule has 1 aliphatic rings. The lowest BCUT2D eigenvalue weighted by Crippen LogP contribution is -2.45. The van der Waals surface area contributed by atoms with Crippen molar-refractivity contribution in [2.75, 3.05) is 13.1 Å². The summed E-state index contributed by atoms with van der Waals surface area (Å²) in [5.74, 6) is 0.116. The summed E-state index contributed by atoms with van der Waals surface area (Å²) in [5.41, 5.74) is 6.75. The summed E-state index contributed by atoms with van der Waals surface area (Å²) in [6, 6.07) is 5.10. The van der Waals surface area contributed by atoms with E-state index in [9.17, 15) is 9.18 Å². The average molecular weight is 357 g/mol. The highest BCUT2D eigenvalue weighted by Crippen LogP contribution is 2.34. The number of halogens is 2. The molecule has 1 saturated heterocycles. The van der Waals surface area contributed by atoms with Gasteiger partial charge in [0.05, 0.1) is 4.88 Å². The Labute approximate surface area is 146 Å². The lowest BCUT2D eigenvalue weighted by molar-refractivity contribution is 0.0665. The number of nitrogens with zero attached hydrogens (tertiary/aromatic N) is 1. The van der Waals surface area contributed by atoms with Crippen molar-refractivity contribution in [2.45, 2.75) is 32.7 Å². The molecule has 2 N–H and O–H groups in total. The summed E-state index contributed by atoms with van der Waals surface area (Å²) in [6.45, 7) is 5.30. The summed E-state index contributed by atoms with van der Waals surface area (Å²) in [5, 5.41) is 0.580. The van der Waals surface area contributed by atoms with Gasteiger partial charge in [0.15, 0.2) is 0 Å². The molecule has 0 bridgehead atoms. The van der Waals surface area contributed by atoms with Crippen LogP contribution >= 0.6 is 23.7 Å². The zero-order valence-electron chi connectivity index (χ0n) is 13.3. The van der Waals surface area contributed by atoms with Crippen molar-refractivity contribution in [3.8, 4) is 0 Å². The molecule has 2 aromatic rings. The summed E-state index contributed by atoms with van der Waals surface area (Å²) in [4.78, 5) is 15.4. The Bertz CT molecular complexity index is 716. The van der Waals surface area contributed by atoms with Gasteiger partial charge < -0.3 is 10.6 Å². The summed E-state index contributed by atoms with van der Waals surface area (Å²) < 4.78 is 14.8. The minimum Gasteiger partial charge on any atom is -0.338 e. The molecule has 2 atom stereocenters. The molecular weight excluding hydrogens is 335 g/mol. The van der Waals surface area contributed by atoms with Gasteiger partial charge in [-0.15, -0.1) is 23.7 Å². The quantitative estimate of drug-likeness (QED) is 0.884. The molecule has 1 aromatic carbocycles. The second-order valence-corrected chi connectivity index (χ2v) is 7.23. The number of amides is 1. The average Bonchev–Trinajstić information content (AvgIpc) is 2.85. The maximum absolute atomic E-state index is 14.0. The molecule has 1 fully saturated rings. The smallest absolute Gasteiger partial charge is 0.264 e. The van der Waals surface area contributed by atoms with Gasteiger partial charge >= 0.3 is 0 Å². The van der Waals surface area contributed by atoms with E-state index in [-0.39, 0.29) is 30.2 Å². The molecule has 0 radical (unpaired) electrons. The van der Waals surface area contributed by atoms with E-state index in [0.717, 1.165) is 29.6 Å². The second-order valence-electron chi connectivity index (χ2n) is 6.18. The Hall–Kier alpha value is -1.17. The van der Waals surface area contributed by atoms with Crippen LogP contribution in [-0.4, -0.2) is 29.9 Å². The van der Waals surface area contributed by atoms with Gasteiger partial charge in [-0.2, -0.15) is 0 Å². The first-order valence-corrected chi connectivity index (χ1v) is 8.53. The van der Waals surface area contributed by atoms with E-state index in [1.54, 1.807) is 6.07 Å². The molecular formula is C17H22ClFN2OS. The van der Waals surface area contributed by atoms with E-state index in [1.807, 2.05) is 24.8 Å². The second kappa shape index (κ2) is 7.16. The van der Waals surface area contributed by atoms with Crippen molar-refractivity contribution < 1.29 is 9.18 Å². The first-order chi connectivity index (χ1) is 10.5. The van der Waals surface area contributed by atoms with Crippen LogP contribution in [0.5, 0.6) is 0 Å². The van der Waals surface area contributed by atoms with Crippen LogP contribution in [0.3, 0.4) is 0 Å². The number of piperidine rings is 1. The van der Waals surface area contributed by atoms with Gasteiger partial charge in [-0.25, -0.2) is 4.39 Å². The van der Waals surface area contributed by atoms with Gasteiger partial charge in [0.25, 0.3) is 5.91 Å². The first kappa shape index (κ1) is 18.2. The number of rotatable bonds is 2. The summed E-state index contributed by atoms with van der Waals surface area (Å²) in [6.07, 6.45) is 2.05. The van der Waals surface area contributed by atoms with Crippen molar-refractivity contribution in [3.05, 3.63) is 34.5 Å². The molecule has 1 amide bonds. The maximum atomic E-state index is 14.0. The predicted octanol–water partition coefficient (Wildman–Crippen LogP) is 3.97. The van der Waals surface area contributed by atoms with Crippen LogP contribution < -0.4 is 5.73 Å². The van der Waals surface area contributed by atoms with Crippen LogP contribution in [0.4, 0.5) is 4.39 Å².